The number of likely N-dealkylation sites (tertiary alicyclic amines) is 1. The van der Waals surface area contributed by atoms with Crippen molar-refractivity contribution in [1.82, 2.24) is 19.6 Å². The molecule has 2 aliphatic heterocycles. The molecule has 2 saturated heterocycles. The molecule has 1 amide bonds. The summed E-state index contributed by atoms with van der Waals surface area (Å²) in [4.78, 5) is 17.2. The van der Waals surface area contributed by atoms with E-state index < -0.39 is 0 Å². The quantitative estimate of drug-likeness (QED) is 0.810. The highest BCUT2D eigenvalue weighted by Crippen LogP contribution is 2.26. The van der Waals surface area contributed by atoms with Crippen LogP contribution in [0.15, 0.2) is 12.4 Å². The summed E-state index contributed by atoms with van der Waals surface area (Å²) in [6.45, 7) is 7.66. The molecule has 23 heavy (non-hydrogen) atoms. The molecule has 6 heteroatoms. The normalized spacial score (nSPS) is 25.9. The van der Waals surface area contributed by atoms with Gasteiger partial charge in [0.25, 0.3) is 0 Å². The van der Waals surface area contributed by atoms with Gasteiger partial charge in [-0.05, 0) is 17.9 Å². The van der Waals surface area contributed by atoms with Crippen LogP contribution < -0.4 is 0 Å². The number of aryl methyl sites for hydroxylation is 2. The van der Waals surface area contributed by atoms with Crippen LogP contribution in [0.4, 0.5) is 0 Å². The zero-order valence-electron chi connectivity index (χ0n) is 14.3. The minimum atomic E-state index is 0.281. The van der Waals surface area contributed by atoms with Crippen LogP contribution >= 0.6 is 0 Å². The molecule has 0 bridgehead atoms. The van der Waals surface area contributed by atoms with Crippen molar-refractivity contribution in [2.24, 2.45) is 13.0 Å². The Balaban J connectivity index is 1.54. The second-order valence-electron chi connectivity index (χ2n) is 6.70. The second-order valence-corrected chi connectivity index (χ2v) is 6.70. The van der Waals surface area contributed by atoms with Gasteiger partial charge < -0.3 is 9.64 Å². The van der Waals surface area contributed by atoms with Crippen molar-refractivity contribution >= 4 is 5.91 Å². The summed E-state index contributed by atoms with van der Waals surface area (Å²) in [6, 6.07) is 0.506. The lowest BCUT2D eigenvalue weighted by Gasteiger charge is -2.34. The highest BCUT2D eigenvalue weighted by atomic mass is 16.5. The van der Waals surface area contributed by atoms with Crippen molar-refractivity contribution in [2.75, 3.05) is 39.4 Å². The first-order valence-corrected chi connectivity index (χ1v) is 8.74. The summed E-state index contributed by atoms with van der Waals surface area (Å²) in [6.07, 6.45) is 6.33. The van der Waals surface area contributed by atoms with Crippen molar-refractivity contribution in [1.29, 1.82) is 0 Å². The molecule has 1 aromatic heterocycles. The van der Waals surface area contributed by atoms with E-state index in [4.69, 9.17) is 4.74 Å². The van der Waals surface area contributed by atoms with Gasteiger partial charge in [-0.3, -0.25) is 14.4 Å². The van der Waals surface area contributed by atoms with Crippen molar-refractivity contribution in [3.8, 4) is 0 Å². The molecule has 2 atom stereocenters. The van der Waals surface area contributed by atoms with E-state index in [9.17, 15) is 4.79 Å². The molecule has 3 heterocycles. The first-order chi connectivity index (χ1) is 11.2. The fourth-order valence-corrected chi connectivity index (χ4v) is 3.79. The summed E-state index contributed by atoms with van der Waals surface area (Å²) in [7, 11) is 1.91. The van der Waals surface area contributed by atoms with E-state index in [-0.39, 0.29) is 5.91 Å². The number of aromatic nitrogens is 2. The maximum atomic E-state index is 12.6. The van der Waals surface area contributed by atoms with Gasteiger partial charge >= 0.3 is 0 Å². The summed E-state index contributed by atoms with van der Waals surface area (Å²) >= 11 is 0. The number of hydrogen-bond donors (Lipinski definition) is 0. The molecule has 0 aromatic carbocycles. The SMILES string of the molecule is CC[C@H]1CN(C(=O)CCc2cnn(C)c2)C[C@H]1N1CCOCC1. The lowest BCUT2D eigenvalue weighted by molar-refractivity contribution is -0.130. The smallest absolute Gasteiger partial charge is 0.222 e. The molecule has 1 aromatic rings. The maximum absolute atomic E-state index is 12.6. The lowest BCUT2D eigenvalue weighted by atomic mass is 9.99. The van der Waals surface area contributed by atoms with Crippen LogP contribution in [0, 0.1) is 5.92 Å². The lowest BCUT2D eigenvalue weighted by Crippen LogP contribution is -2.47. The average Bonchev–Trinajstić information content (AvgIpc) is 3.19. The first-order valence-electron chi connectivity index (χ1n) is 8.74. The number of ether oxygens (including phenoxy) is 1. The van der Waals surface area contributed by atoms with Crippen LogP contribution in [0.25, 0.3) is 0 Å². The zero-order valence-corrected chi connectivity index (χ0v) is 14.3. The van der Waals surface area contributed by atoms with E-state index in [1.54, 1.807) is 4.68 Å². The highest BCUT2D eigenvalue weighted by Gasteiger charge is 2.37. The number of hydrogen-bond acceptors (Lipinski definition) is 4. The van der Waals surface area contributed by atoms with Gasteiger partial charge in [0.05, 0.1) is 19.4 Å². The average molecular weight is 320 g/mol. The van der Waals surface area contributed by atoms with Crippen molar-refractivity contribution in [3.05, 3.63) is 18.0 Å². The van der Waals surface area contributed by atoms with Crippen molar-refractivity contribution < 1.29 is 9.53 Å². The Morgan fingerprint density at radius 2 is 2.13 bits per heavy atom. The maximum Gasteiger partial charge on any atom is 0.222 e. The van der Waals surface area contributed by atoms with Crippen LogP contribution in [0.5, 0.6) is 0 Å². The molecule has 0 saturated carbocycles. The number of morpholine rings is 1. The number of rotatable bonds is 5. The Morgan fingerprint density at radius 1 is 1.35 bits per heavy atom. The molecule has 2 aliphatic rings. The molecular weight excluding hydrogens is 292 g/mol. The van der Waals surface area contributed by atoms with Crippen LogP contribution in [-0.4, -0.2) is 70.9 Å². The van der Waals surface area contributed by atoms with Gasteiger partial charge in [-0.1, -0.05) is 13.3 Å². The number of amides is 1. The fourth-order valence-electron chi connectivity index (χ4n) is 3.79. The monoisotopic (exact) mass is 320 g/mol. The predicted molar refractivity (Wildman–Crippen MR) is 88.1 cm³/mol. The Labute approximate surface area is 138 Å². The molecule has 0 N–H and O–H groups in total. The van der Waals surface area contributed by atoms with E-state index in [1.165, 1.54) is 0 Å². The molecule has 0 aliphatic carbocycles. The van der Waals surface area contributed by atoms with Crippen LogP contribution in [-0.2, 0) is 23.0 Å². The Hall–Kier alpha value is -1.40. The summed E-state index contributed by atoms with van der Waals surface area (Å²) in [5, 5.41) is 4.16. The molecule has 0 radical (unpaired) electrons. The van der Waals surface area contributed by atoms with E-state index in [0.717, 1.165) is 57.8 Å². The van der Waals surface area contributed by atoms with Gasteiger partial charge in [0.15, 0.2) is 0 Å². The van der Waals surface area contributed by atoms with Gasteiger partial charge in [-0.15, -0.1) is 0 Å². The van der Waals surface area contributed by atoms with Gasteiger partial charge in [-0.2, -0.15) is 5.10 Å². The van der Waals surface area contributed by atoms with Gasteiger partial charge in [0, 0.05) is 51.9 Å². The van der Waals surface area contributed by atoms with Crippen LogP contribution in [0.1, 0.15) is 25.3 Å². The largest absolute Gasteiger partial charge is 0.379 e. The summed E-state index contributed by atoms with van der Waals surface area (Å²) < 4.78 is 7.25. The van der Waals surface area contributed by atoms with Gasteiger partial charge in [0.1, 0.15) is 0 Å². The Morgan fingerprint density at radius 3 is 2.78 bits per heavy atom. The first kappa shape index (κ1) is 16.5. The zero-order chi connectivity index (χ0) is 16.2. The Bertz CT molecular complexity index is 524. The van der Waals surface area contributed by atoms with E-state index in [2.05, 4.69) is 21.8 Å². The minimum Gasteiger partial charge on any atom is -0.379 e. The highest BCUT2D eigenvalue weighted by molar-refractivity contribution is 5.76. The second kappa shape index (κ2) is 7.45. The molecular formula is C17H28N4O2. The molecule has 128 valence electrons. The fraction of sp³-hybridized carbons (Fsp3) is 0.765. The van der Waals surface area contributed by atoms with E-state index >= 15 is 0 Å². The molecule has 6 nitrogen and oxygen atoms in total. The van der Waals surface area contributed by atoms with Gasteiger partial charge in [0.2, 0.25) is 5.91 Å². The minimum absolute atomic E-state index is 0.281. The van der Waals surface area contributed by atoms with E-state index in [1.807, 2.05) is 19.4 Å². The topological polar surface area (TPSA) is 50.6 Å². The number of carbonyl (C=O) groups is 1. The third-order valence-electron chi connectivity index (χ3n) is 5.18. The van der Waals surface area contributed by atoms with Crippen molar-refractivity contribution in [2.45, 2.75) is 32.2 Å². The van der Waals surface area contributed by atoms with Crippen LogP contribution in [0.2, 0.25) is 0 Å². The third-order valence-corrected chi connectivity index (χ3v) is 5.18. The summed E-state index contributed by atoms with van der Waals surface area (Å²) in [5.74, 6) is 0.874. The molecule has 3 rings (SSSR count). The molecule has 2 fully saturated rings. The number of carbonyl (C=O) groups excluding carboxylic acids is 1. The standard InChI is InChI=1S/C17H28N4O2/c1-3-15-12-21(13-16(15)20-6-8-23-9-7-20)17(22)5-4-14-10-18-19(2)11-14/h10-11,15-16H,3-9,12-13H2,1-2H3/t15-,16+/m0/s1. The van der Waals surface area contributed by atoms with Crippen LogP contribution in [0.3, 0.4) is 0 Å². The predicted octanol–water partition coefficient (Wildman–Crippen LogP) is 0.922. The molecule has 0 unspecified atom stereocenters. The molecule has 0 spiro atoms. The Kier molecular flexibility index (Phi) is 5.33. The number of nitrogens with zero attached hydrogens (tertiary/aromatic N) is 4. The summed E-state index contributed by atoms with van der Waals surface area (Å²) in [5.41, 5.74) is 1.14. The van der Waals surface area contributed by atoms with E-state index in [0.29, 0.717) is 18.4 Å². The van der Waals surface area contributed by atoms with Crippen molar-refractivity contribution in [3.63, 3.8) is 0 Å². The van der Waals surface area contributed by atoms with Gasteiger partial charge in [-0.25, -0.2) is 0 Å². The third kappa shape index (κ3) is 3.93.